The first-order chi connectivity index (χ1) is 20.0. The highest BCUT2D eigenvalue weighted by Gasteiger charge is 2.28. The molecular formula is C33H40N4O3S. The molecule has 2 atom stereocenters. The average molecular weight is 573 g/mol. The van der Waals surface area contributed by atoms with Gasteiger partial charge in [0.25, 0.3) is 0 Å². The van der Waals surface area contributed by atoms with Crippen LogP contribution >= 0.6 is 11.8 Å². The van der Waals surface area contributed by atoms with Crippen molar-refractivity contribution in [3.63, 3.8) is 0 Å². The Labute approximate surface area is 247 Å². The molecule has 3 amide bonds. The van der Waals surface area contributed by atoms with Gasteiger partial charge < -0.3 is 21.3 Å². The summed E-state index contributed by atoms with van der Waals surface area (Å²) >= 11 is 1.68. The van der Waals surface area contributed by atoms with E-state index in [4.69, 9.17) is 0 Å². The van der Waals surface area contributed by atoms with Gasteiger partial charge in [0, 0.05) is 24.5 Å². The SMILES string of the molecule is C#CC.O=CN[C@@H](C/C1=C/SC/C=C\C=C/C1)NC(=O)[C@@H](Cc1cccc2ccccc12)NC(=O)C1CCNCC1. The second-order valence-corrected chi connectivity index (χ2v) is 10.8. The molecule has 1 saturated heterocycles. The molecule has 2 heterocycles. The van der Waals surface area contributed by atoms with Gasteiger partial charge in [-0.3, -0.25) is 14.4 Å². The molecule has 0 aromatic heterocycles. The topological polar surface area (TPSA) is 99.3 Å². The summed E-state index contributed by atoms with van der Waals surface area (Å²) in [4.78, 5) is 38.3. The third-order valence-corrected chi connectivity index (χ3v) is 7.79. The molecule has 4 N–H and O–H groups in total. The highest BCUT2D eigenvalue weighted by molar-refractivity contribution is 8.02. The molecule has 2 aliphatic heterocycles. The maximum absolute atomic E-state index is 13.7. The van der Waals surface area contributed by atoms with Crippen molar-refractivity contribution in [2.24, 2.45) is 5.92 Å². The van der Waals surface area contributed by atoms with E-state index in [0.717, 1.165) is 60.0 Å². The number of thioether (sulfide) groups is 1. The van der Waals surface area contributed by atoms with E-state index < -0.39 is 12.2 Å². The lowest BCUT2D eigenvalue weighted by Gasteiger charge is -2.27. The monoisotopic (exact) mass is 572 g/mol. The molecule has 0 saturated carbocycles. The number of nitrogens with one attached hydrogen (secondary N) is 4. The molecule has 216 valence electrons. The molecule has 7 nitrogen and oxygen atoms in total. The first-order valence-corrected chi connectivity index (χ1v) is 15.1. The number of allylic oxidation sites excluding steroid dienone is 3. The summed E-state index contributed by atoms with van der Waals surface area (Å²) in [5.74, 6) is 2.58. The van der Waals surface area contributed by atoms with E-state index in [2.05, 4.69) is 51.2 Å². The summed E-state index contributed by atoms with van der Waals surface area (Å²) < 4.78 is 0. The van der Waals surface area contributed by atoms with Gasteiger partial charge in [0.05, 0.1) is 0 Å². The fourth-order valence-corrected chi connectivity index (χ4v) is 5.62. The van der Waals surface area contributed by atoms with Crippen LogP contribution in [0.5, 0.6) is 0 Å². The van der Waals surface area contributed by atoms with Crippen molar-refractivity contribution in [3.8, 4) is 12.3 Å². The molecule has 41 heavy (non-hydrogen) atoms. The molecule has 0 unspecified atom stereocenters. The Morgan fingerprint density at radius 2 is 1.80 bits per heavy atom. The predicted octanol–water partition coefficient (Wildman–Crippen LogP) is 4.22. The third kappa shape index (κ3) is 10.6. The van der Waals surface area contributed by atoms with Crippen molar-refractivity contribution in [1.29, 1.82) is 0 Å². The smallest absolute Gasteiger partial charge is 0.244 e. The van der Waals surface area contributed by atoms with Crippen molar-refractivity contribution in [1.82, 2.24) is 21.3 Å². The van der Waals surface area contributed by atoms with Crippen LogP contribution in [-0.2, 0) is 20.8 Å². The second-order valence-electron chi connectivity index (χ2n) is 9.94. The quantitative estimate of drug-likeness (QED) is 0.194. The Hall–Kier alpha value is -3.80. The van der Waals surface area contributed by atoms with Crippen molar-refractivity contribution in [3.05, 3.63) is 83.3 Å². The predicted molar refractivity (Wildman–Crippen MR) is 169 cm³/mol. The van der Waals surface area contributed by atoms with Gasteiger partial charge in [0.2, 0.25) is 18.2 Å². The zero-order valence-electron chi connectivity index (χ0n) is 23.6. The fourth-order valence-electron chi connectivity index (χ4n) is 4.87. The number of rotatable bonds is 10. The van der Waals surface area contributed by atoms with Gasteiger partial charge in [-0.1, -0.05) is 72.3 Å². The Balaban J connectivity index is 0.00000147. The van der Waals surface area contributed by atoms with Crippen molar-refractivity contribution < 1.29 is 14.4 Å². The summed E-state index contributed by atoms with van der Waals surface area (Å²) in [6.45, 7) is 3.24. The lowest BCUT2D eigenvalue weighted by atomic mass is 9.95. The number of hydrogen-bond acceptors (Lipinski definition) is 5. The number of hydrogen-bond donors (Lipinski definition) is 4. The van der Waals surface area contributed by atoms with Gasteiger partial charge in [-0.25, -0.2) is 0 Å². The van der Waals surface area contributed by atoms with E-state index in [1.807, 2.05) is 54.6 Å². The van der Waals surface area contributed by atoms with Crippen molar-refractivity contribution >= 4 is 40.8 Å². The first-order valence-electron chi connectivity index (χ1n) is 14.0. The van der Waals surface area contributed by atoms with Crippen molar-refractivity contribution in [2.45, 2.75) is 51.2 Å². The van der Waals surface area contributed by atoms with Crippen LogP contribution in [0.4, 0.5) is 0 Å². The molecule has 2 aliphatic rings. The molecule has 1 fully saturated rings. The molecule has 8 heteroatoms. The van der Waals surface area contributed by atoms with Gasteiger partial charge in [-0.15, -0.1) is 24.1 Å². The Kier molecular flexibility index (Phi) is 13.8. The summed E-state index contributed by atoms with van der Waals surface area (Å²) in [5.41, 5.74) is 2.10. The molecule has 0 aliphatic carbocycles. The first kappa shape index (κ1) is 31.7. The normalized spacial score (nSPS) is 19.6. The van der Waals surface area contributed by atoms with Gasteiger partial charge in [0.1, 0.15) is 12.2 Å². The lowest BCUT2D eigenvalue weighted by molar-refractivity contribution is -0.132. The van der Waals surface area contributed by atoms with E-state index in [9.17, 15) is 14.4 Å². The molecule has 0 radical (unpaired) electrons. The maximum atomic E-state index is 13.7. The number of terminal acetylenes is 1. The van der Waals surface area contributed by atoms with E-state index in [-0.39, 0.29) is 17.7 Å². The summed E-state index contributed by atoms with van der Waals surface area (Å²) in [6, 6.07) is 13.3. The zero-order chi connectivity index (χ0) is 29.3. The Morgan fingerprint density at radius 3 is 2.59 bits per heavy atom. The summed E-state index contributed by atoms with van der Waals surface area (Å²) in [7, 11) is 0. The van der Waals surface area contributed by atoms with Crippen LogP contribution in [0.2, 0.25) is 0 Å². The van der Waals surface area contributed by atoms with Crippen LogP contribution in [-0.4, -0.2) is 49.3 Å². The highest BCUT2D eigenvalue weighted by atomic mass is 32.2. The highest BCUT2D eigenvalue weighted by Crippen LogP contribution is 2.21. The molecule has 0 spiro atoms. The maximum Gasteiger partial charge on any atom is 0.244 e. The minimum absolute atomic E-state index is 0.0974. The van der Waals surface area contributed by atoms with E-state index in [1.54, 1.807) is 18.7 Å². The number of benzene rings is 2. The molecule has 2 aromatic carbocycles. The van der Waals surface area contributed by atoms with Gasteiger partial charge >= 0.3 is 0 Å². The van der Waals surface area contributed by atoms with Crippen LogP contribution in [0.25, 0.3) is 10.8 Å². The van der Waals surface area contributed by atoms with Crippen LogP contribution in [0.15, 0.2) is 77.7 Å². The van der Waals surface area contributed by atoms with Crippen molar-refractivity contribution in [2.75, 3.05) is 18.8 Å². The Morgan fingerprint density at radius 1 is 1.07 bits per heavy atom. The van der Waals surface area contributed by atoms with Crippen LogP contribution in [0.3, 0.4) is 0 Å². The van der Waals surface area contributed by atoms with Gasteiger partial charge in [-0.05, 0) is 61.0 Å². The van der Waals surface area contributed by atoms with Crippen LogP contribution in [0, 0.1) is 18.3 Å². The average Bonchev–Trinajstić information content (AvgIpc) is 3.12. The molecular weight excluding hydrogens is 532 g/mol. The minimum atomic E-state index is -0.771. The van der Waals surface area contributed by atoms with E-state index >= 15 is 0 Å². The fraction of sp³-hybridized carbons (Fsp3) is 0.364. The van der Waals surface area contributed by atoms with Gasteiger partial charge in [0.15, 0.2) is 0 Å². The third-order valence-electron chi connectivity index (χ3n) is 6.90. The van der Waals surface area contributed by atoms with E-state index in [1.165, 1.54) is 0 Å². The number of fused-ring (bicyclic) bond motifs is 1. The molecule has 2 aromatic rings. The number of piperidine rings is 1. The van der Waals surface area contributed by atoms with Gasteiger partial charge in [-0.2, -0.15) is 0 Å². The van der Waals surface area contributed by atoms with E-state index in [0.29, 0.717) is 19.3 Å². The van der Waals surface area contributed by atoms with Crippen LogP contribution < -0.4 is 21.3 Å². The largest absolute Gasteiger partial charge is 0.344 e. The zero-order valence-corrected chi connectivity index (χ0v) is 24.4. The molecule has 4 rings (SSSR count). The summed E-state index contributed by atoms with van der Waals surface area (Å²) in [6.07, 6.45) is 15.9. The lowest BCUT2D eigenvalue weighted by Crippen LogP contribution is -2.55. The number of carbonyl (C=O) groups is 3. The second kappa shape index (κ2) is 17.8. The molecule has 0 bridgehead atoms. The minimum Gasteiger partial charge on any atom is -0.344 e. The Bertz CT molecular complexity index is 1290. The number of carbonyl (C=O) groups excluding carboxylic acids is 3. The number of amides is 3. The standard InChI is InChI=1S/C30H36N4O3S.C3H4/c35-21-32-28(18-22-8-3-1-2-6-17-38-20-22)34-30(37)27(33-29(36)24-13-15-31-16-14-24)19-25-11-7-10-23-9-4-5-12-26(23)25;1-3-2/h1-7,9-12,20-21,24,27-28,31H,8,13-19H2,(H,32,35)(H,33,36)(H,34,37);1H,2H3/b3-1-,6-2-,22-20+;/t27-,28-;/m1./s1. The summed E-state index contributed by atoms with van der Waals surface area (Å²) in [5, 5.41) is 16.3. The van der Waals surface area contributed by atoms with Crippen LogP contribution in [0.1, 0.15) is 38.2 Å².